The monoisotopic (exact) mass is 591 g/mol. The van der Waals surface area contributed by atoms with E-state index in [4.69, 9.17) is 4.74 Å². The zero-order valence-electron chi connectivity index (χ0n) is 22.4. The molecule has 3 aromatic carbocycles. The highest BCUT2D eigenvalue weighted by molar-refractivity contribution is 6.03. The molecule has 0 bridgehead atoms. The average molecular weight is 592 g/mol. The van der Waals surface area contributed by atoms with Crippen LogP contribution in [0.1, 0.15) is 29.8 Å². The molecule has 2 N–H and O–H groups in total. The van der Waals surface area contributed by atoms with E-state index in [0.717, 1.165) is 30.3 Å². The highest BCUT2D eigenvalue weighted by Gasteiger charge is 2.36. The number of fused-ring (bicyclic) bond motifs is 1. The van der Waals surface area contributed by atoms with Crippen LogP contribution in [0, 0.1) is 11.6 Å². The summed E-state index contributed by atoms with van der Waals surface area (Å²) in [5.74, 6) is -3.94. The van der Waals surface area contributed by atoms with E-state index in [1.165, 1.54) is 41.3 Å². The van der Waals surface area contributed by atoms with Gasteiger partial charge in [-0.25, -0.2) is 8.78 Å². The lowest BCUT2D eigenvalue weighted by Gasteiger charge is -2.29. The molecule has 0 saturated heterocycles. The van der Waals surface area contributed by atoms with E-state index in [0.29, 0.717) is 5.69 Å². The fourth-order valence-corrected chi connectivity index (χ4v) is 4.38. The first-order chi connectivity index (χ1) is 19.8. The van der Waals surface area contributed by atoms with Crippen molar-refractivity contribution in [3.63, 3.8) is 0 Å². The Morgan fingerprint density at radius 2 is 1.74 bits per heavy atom. The van der Waals surface area contributed by atoms with E-state index in [9.17, 15) is 36.3 Å². The average Bonchev–Trinajstić information content (AvgIpc) is 3.04. The number of anilines is 1. The summed E-state index contributed by atoms with van der Waals surface area (Å²) in [6, 6.07) is 10.2. The number of carbonyl (C=O) groups excluding carboxylic acids is 3. The van der Waals surface area contributed by atoms with Gasteiger partial charge in [-0.15, -0.1) is 13.2 Å². The van der Waals surface area contributed by atoms with Gasteiger partial charge in [-0.2, -0.15) is 0 Å². The summed E-state index contributed by atoms with van der Waals surface area (Å²) in [5.41, 5.74) is 0.289. The van der Waals surface area contributed by atoms with Gasteiger partial charge in [0, 0.05) is 24.1 Å². The summed E-state index contributed by atoms with van der Waals surface area (Å²) < 4.78 is 75.3. The van der Waals surface area contributed by atoms with Crippen molar-refractivity contribution in [2.45, 2.75) is 44.8 Å². The number of rotatable bonds is 8. The molecule has 1 aliphatic rings. The topological polar surface area (TPSA) is 97.0 Å². The number of hydrogen-bond acceptors (Lipinski definition) is 5. The number of nitrogens with zero attached hydrogens (tertiary/aromatic N) is 1. The molecule has 8 nitrogen and oxygen atoms in total. The largest absolute Gasteiger partial charge is 0.573 e. The third-order valence-electron chi connectivity index (χ3n) is 6.31. The number of ether oxygens (including phenoxy) is 2. The predicted octanol–water partition coefficient (Wildman–Crippen LogP) is 4.52. The number of alkyl halides is 3. The zero-order chi connectivity index (χ0) is 30.6. The molecule has 3 aromatic rings. The molecule has 1 aliphatic heterocycles. The van der Waals surface area contributed by atoms with Crippen LogP contribution in [0.15, 0.2) is 66.7 Å². The highest BCUT2D eigenvalue weighted by Crippen LogP contribution is 2.33. The van der Waals surface area contributed by atoms with E-state index in [1.807, 2.05) is 0 Å². The van der Waals surface area contributed by atoms with Gasteiger partial charge in [0.25, 0.3) is 11.8 Å². The van der Waals surface area contributed by atoms with Crippen LogP contribution in [0.25, 0.3) is 0 Å². The second-order valence-electron chi connectivity index (χ2n) is 9.68. The number of amides is 3. The zero-order valence-corrected chi connectivity index (χ0v) is 22.4. The smallest absolute Gasteiger partial charge is 0.489 e. The van der Waals surface area contributed by atoms with Crippen molar-refractivity contribution in [2.24, 2.45) is 0 Å². The normalized spacial score (nSPS) is 15.8. The fourth-order valence-electron chi connectivity index (χ4n) is 4.38. The second kappa shape index (κ2) is 12.5. The molecular formula is C29H26F5N3O5. The summed E-state index contributed by atoms with van der Waals surface area (Å²) in [4.78, 5) is 41.3. The molecule has 222 valence electrons. The molecule has 3 amide bonds. The van der Waals surface area contributed by atoms with Crippen LogP contribution >= 0.6 is 0 Å². The SMILES string of the molecule is CC(C)N1C(=O)C(NC(=O)[C@@H](Cc2ccccc2F)NC(=O)c2ccc(OC(F)(F)F)cc2)COc2cc(F)ccc21. The molecule has 2 atom stereocenters. The number of halogens is 5. The minimum absolute atomic E-state index is 0.0852. The Kier molecular flexibility index (Phi) is 8.98. The lowest BCUT2D eigenvalue weighted by molar-refractivity contribution is -0.274. The Morgan fingerprint density at radius 3 is 2.38 bits per heavy atom. The summed E-state index contributed by atoms with van der Waals surface area (Å²) in [6.07, 6.45) is -5.24. The summed E-state index contributed by atoms with van der Waals surface area (Å²) in [7, 11) is 0. The second-order valence-corrected chi connectivity index (χ2v) is 9.68. The molecule has 4 rings (SSSR count). The maximum Gasteiger partial charge on any atom is 0.573 e. The van der Waals surface area contributed by atoms with Gasteiger partial charge in [-0.05, 0) is 61.9 Å². The lowest BCUT2D eigenvalue weighted by atomic mass is 10.0. The van der Waals surface area contributed by atoms with Crippen LogP contribution < -0.4 is 25.0 Å². The van der Waals surface area contributed by atoms with Crippen LogP contribution in [-0.4, -0.2) is 48.8 Å². The Labute approximate surface area is 237 Å². The van der Waals surface area contributed by atoms with E-state index < -0.39 is 59.6 Å². The molecule has 13 heteroatoms. The quantitative estimate of drug-likeness (QED) is 0.376. The molecule has 0 saturated carbocycles. The number of carbonyl (C=O) groups is 3. The molecule has 0 spiro atoms. The number of benzene rings is 3. The van der Waals surface area contributed by atoms with Crippen molar-refractivity contribution in [3.05, 3.63) is 89.5 Å². The lowest BCUT2D eigenvalue weighted by Crippen LogP contribution is -2.57. The molecule has 0 aliphatic carbocycles. The molecule has 0 radical (unpaired) electrons. The van der Waals surface area contributed by atoms with Gasteiger partial charge >= 0.3 is 6.36 Å². The van der Waals surface area contributed by atoms with Crippen LogP contribution in [0.4, 0.5) is 27.6 Å². The van der Waals surface area contributed by atoms with Crippen LogP contribution in [0.3, 0.4) is 0 Å². The van der Waals surface area contributed by atoms with Crippen molar-refractivity contribution >= 4 is 23.4 Å². The fraction of sp³-hybridized carbons (Fsp3) is 0.276. The van der Waals surface area contributed by atoms with Crippen molar-refractivity contribution in [1.29, 1.82) is 0 Å². The van der Waals surface area contributed by atoms with Crippen molar-refractivity contribution < 1.29 is 45.8 Å². The molecule has 1 unspecified atom stereocenters. The Bertz CT molecular complexity index is 1460. The van der Waals surface area contributed by atoms with Gasteiger partial charge in [0.15, 0.2) is 0 Å². The van der Waals surface area contributed by atoms with Gasteiger partial charge in [0.05, 0.1) is 5.69 Å². The van der Waals surface area contributed by atoms with Gasteiger partial charge in [0.1, 0.15) is 41.8 Å². The van der Waals surface area contributed by atoms with Crippen LogP contribution in [0.5, 0.6) is 11.5 Å². The van der Waals surface area contributed by atoms with Gasteiger partial charge in [-0.1, -0.05) is 18.2 Å². The van der Waals surface area contributed by atoms with Crippen LogP contribution in [-0.2, 0) is 16.0 Å². The van der Waals surface area contributed by atoms with Crippen LogP contribution in [0.2, 0.25) is 0 Å². The Hall–Kier alpha value is -4.68. The third kappa shape index (κ3) is 7.33. The van der Waals surface area contributed by atoms with E-state index in [-0.39, 0.29) is 29.9 Å². The first-order valence-corrected chi connectivity index (χ1v) is 12.8. The number of nitrogens with one attached hydrogen (secondary N) is 2. The first-order valence-electron chi connectivity index (χ1n) is 12.8. The van der Waals surface area contributed by atoms with E-state index >= 15 is 0 Å². The third-order valence-corrected chi connectivity index (χ3v) is 6.31. The maximum absolute atomic E-state index is 14.5. The van der Waals surface area contributed by atoms with Gasteiger partial charge < -0.3 is 25.0 Å². The molecular weight excluding hydrogens is 565 g/mol. The molecule has 1 heterocycles. The molecule has 0 fully saturated rings. The predicted molar refractivity (Wildman–Crippen MR) is 141 cm³/mol. The van der Waals surface area contributed by atoms with E-state index in [1.54, 1.807) is 13.8 Å². The minimum Gasteiger partial charge on any atom is -0.489 e. The van der Waals surface area contributed by atoms with Crippen molar-refractivity contribution in [2.75, 3.05) is 11.5 Å². The number of hydrogen-bond donors (Lipinski definition) is 2. The molecule has 0 aromatic heterocycles. The summed E-state index contributed by atoms with van der Waals surface area (Å²) >= 11 is 0. The van der Waals surface area contributed by atoms with Gasteiger partial charge in [0.2, 0.25) is 5.91 Å². The first kappa shape index (κ1) is 30.3. The van der Waals surface area contributed by atoms with Crippen molar-refractivity contribution in [1.82, 2.24) is 10.6 Å². The summed E-state index contributed by atoms with van der Waals surface area (Å²) in [5, 5.41) is 5.00. The Morgan fingerprint density at radius 1 is 1.05 bits per heavy atom. The Balaban J connectivity index is 1.56. The highest BCUT2D eigenvalue weighted by atomic mass is 19.4. The minimum atomic E-state index is -4.92. The maximum atomic E-state index is 14.5. The standard InChI is InChI=1S/C29H26F5N3O5/c1-16(2)37-24-12-9-19(30)14-25(24)41-15-23(28(37)40)36-27(39)22(13-18-5-3-4-6-21(18)31)35-26(38)17-7-10-20(11-8-17)42-29(32,33)34/h3-12,14,16,22-23H,13,15H2,1-2H3,(H,35,38)(H,36,39)/t22-,23?/m1/s1. The van der Waals surface area contributed by atoms with Crippen molar-refractivity contribution in [3.8, 4) is 11.5 Å². The van der Waals surface area contributed by atoms with E-state index in [2.05, 4.69) is 15.4 Å². The molecule has 42 heavy (non-hydrogen) atoms. The van der Waals surface area contributed by atoms with Gasteiger partial charge in [-0.3, -0.25) is 14.4 Å². The summed E-state index contributed by atoms with van der Waals surface area (Å²) in [6.45, 7) is 3.09.